The van der Waals surface area contributed by atoms with Gasteiger partial charge in [0.2, 0.25) is 5.95 Å². The molecule has 0 saturated heterocycles. The fraction of sp³-hybridized carbons (Fsp3) is 0.286. The summed E-state index contributed by atoms with van der Waals surface area (Å²) in [6.45, 7) is 3.42. The highest BCUT2D eigenvalue weighted by atomic mass is 15.2. The van der Waals surface area contributed by atoms with Crippen molar-refractivity contribution in [1.29, 1.82) is 0 Å². The summed E-state index contributed by atoms with van der Waals surface area (Å²) in [7, 11) is 1.95. The zero-order valence-corrected chi connectivity index (χ0v) is 10.8. The third kappa shape index (κ3) is 2.65. The highest BCUT2D eigenvalue weighted by molar-refractivity contribution is 5.64. The van der Waals surface area contributed by atoms with Gasteiger partial charge in [-0.15, -0.1) is 0 Å². The molecule has 0 radical (unpaired) electrons. The third-order valence-corrected chi connectivity index (χ3v) is 2.87. The van der Waals surface area contributed by atoms with Gasteiger partial charge in [0, 0.05) is 31.9 Å². The Kier molecular flexibility index (Phi) is 3.89. The molecule has 2 aromatic rings. The molecule has 4 heteroatoms. The smallest absolute Gasteiger partial charge is 0.225 e. The molecule has 0 saturated carbocycles. The van der Waals surface area contributed by atoms with Crippen molar-refractivity contribution in [1.82, 2.24) is 9.97 Å². The lowest BCUT2D eigenvalue weighted by molar-refractivity contribution is 0.846. The van der Waals surface area contributed by atoms with E-state index in [-0.39, 0.29) is 0 Å². The molecule has 1 aromatic carbocycles. The van der Waals surface area contributed by atoms with Gasteiger partial charge in [0.05, 0.1) is 5.69 Å². The highest BCUT2D eigenvalue weighted by Gasteiger charge is 2.07. The van der Waals surface area contributed by atoms with Crippen molar-refractivity contribution in [2.45, 2.75) is 6.92 Å². The minimum atomic E-state index is 0.592. The average Bonchev–Trinajstić information content (AvgIpc) is 2.40. The molecule has 0 amide bonds. The molecule has 4 nitrogen and oxygen atoms in total. The minimum Gasteiger partial charge on any atom is -0.343 e. The molecule has 0 unspecified atom stereocenters. The summed E-state index contributed by atoms with van der Waals surface area (Å²) in [5, 5.41) is 0. The molecule has 2 rings (SSSR count). The summed E-state index contributed by atoms with van der Waals surface area (Å²) in [6.07, 6.45) is 1.79. The number of benzene rings is 1. The van der Waals surface area contributed by atoms with Crippen molar-refractivity contribution in [2.24, 2.45) is 5.73 Å². The molecule has 1 aromatic heterocycles. The molecule has 0 aliphatic heterocycles. The van der Waals surface area contributed by atoms with Gasteiger partial charge in [-0.3, -0.25) is 0 Å². The van der Waals surface area contributed by atoms with Crippen molar-refractivity contribution < 1.29 is 0 Å². The minimum absolute atomic E-state index is 0.592. The maximum Gasteiger partial charge on any atom is 0.225 e. The summed E-state index contributed by atoms with van der Waals surface area (Å²) < 4.78 is 0. The number of likely N-dealkylation sites (N-methyl/N-ethyl adjacent to an activating group) is 1. The zero-order chi connectivity index (χ0) is 13.0. The highest BCUT2D eigenvalue weighted by Crippen LogP contribution is 2.21. The predicted octanol–water partition coefficient (Wildman–Crippen LogP) is 1.85. The molecule has 18 heavy (non-hydrogen) atoms. The topological polar surface area (TPSA) is 55.0 Å². The second kappa shape index (κ2) is 5.60. The Hall–Kier alpha value is -1.94. The van der Waals surface area contributed by atoms with Gasteiger partial charge in [-0.05, 0) is 18.6 Å². The van der Waals surface area contributed by atoms with Gasteiger partial charge in [-0.2, -0.15) is 0 Å². The van der Waals surface area contributed by atoms with Crippen LogP contribution in [0.15, 0.2) is 36.5 Å². The molecule has 0 spiro atoms. The van der Waals surface area contributed by atoms with Crippen LogP contribution in [0.25, 0.3) is 11.3 Å². The van der Waals surface area contributed by atoms with E-state index in [1.165, 1.54) is 5.56 Å². The van der Waals surface area contributed by atoms with Crippen LogP contribution < -0.4 is 10.6 Å². The van der Waals surface area contributed by atoms with E-state index in [0.29, 0.717) is 12.5 Å². The zero-order valence-electron chi connectivity index (χ0n) is 10.8. The van der Waals surface area contributed by atoms with Crippen LogP contribution in [-0.4, -0.2) is 30.1 Å². The van der Waals surface area contributed by atoms with Gasteiger partial charge in [0.1, 0.15) is 0 Å². The van der Waals surface area contributed by atoms with Crippen molar-refractivity contribution in [3.05, 3.63) is 42.1 Å². The summed E-state index contributed by atoms with van der Waals surface area (Å²) in [4.78, 5) is 10.8. The van der Waals surface area contributed by atoms with Crippen LogP contribution in [0.3, 0.4) is 0 Å². The fourth-order valence-corrected chi connectivity index (χ4v) is 1.84. The van der Waals surface area contributed by atoms with Gasteiger partial charge in [-0.25, -0.2) is 9.97 Å². The van der Waals surface area contributed by atoms with Crippen molar-refractivity contribution in [3.63, 3.8) is 0 Å². The van der Waals surface area contributed by atoms with Crippen LogP contribution in [0, 0.1) is 6.92 Å². The molecule has 94 valence electrons. The van der Waals surface area contributed by atoms with Gasteiger partial charge in [-0.1, -0.05) is 24.3 Å². The number of aryl methyl sites for hydroxylation is 1. The largest absolute Gasteiger partial charge is 0.343 e. The fourth-order valence-electron chi connectivity index (χ4n) is 1.84. The number of hydrogen-bond donors (Lipinski definition) is 1. The van der Waals surface area contributed by atoms with Crippen LogP contribution in [0.2, 0.25) is 0 Å². The Labute approximate surface area is 107 Å². The van der Waals surface area contributed by atoms with Crippen molar-refractivity contribution in [2.75, 3.05) is 25.0 Å². The number of nitrogens with two attached hydrogens (primary N) is 1. The van der Waals surface area contributed by atoms with E-state index in [1.807, 2.05) is 30.1 Å². The number of hydrogen-bond acceptors (Lipinski definition) is 4. The Morgan fingerprint density at radius 2 is 2.00 bits per heavy atom. The quantitative estimate of drug-likeness (QED) is 0.889. The Morgan fingerprint density at radius 1 is 1.22 bits per heavy atom. The van der Waals surface area contributed by atoms with Crippen LogP contribution >= 0.6 is 0 Å². The Morgan fingerprint density at radius 3 is 2.72 bits per heavy atom. The van der Waals surface area contributed by atoms with Gasteiger partial charge in [0.15, 0.2) is 0 Å². The van der Waals surface area contributed by atoms with E-state index in [2.05, 4.69) is 29.0 Å². The van der Waals surface area contributed by atoms with Crippen molar-refractivity contribution >= 4 is 5.95 Å². The number of aromatic nitrogens is 2. The third-order valence-electron chi connectivity index (χ3n) is 2.87. The molecule has 0 atom stereocenters. The molecule has 0 aliphatic rings. The summed E-state index contributed by atoms with van der Waals surface area (Å²) in [6, 6.07) is 10.1. The van der Waals surface area contributed by atoms with Gasteiger partial charge >= 0.3 is 0 Å². The first-order valence-corrected chi connectivity index (χ1v) is 6.02. The van der Waals surface area contributed by atoms with E-state index in [4.69, 9.17) is 5.73 Å². The van der Waals surface area contributed by atoms with E-state index < -0.39 is 0 Å². The first-order chi connectivity index (χ1) is 8.72. The van der Waals surface area contributed by atoms with E-state index >= 15 is 0 Å². The van der Waals surface area contributed by atoms with Crippen LogP contribution in [0.5, 0.6) is 0 Å². The summed E-state index contributed by atoms with van der Waals surface area (Å²) in [5.41, 5.74) is 8.84. The Balaban J connectivity index is 2.36. The first kappa shape index (κ1) is 12.5. The number of rotatable bonds is 4. The SMILES string of the molecule is Cc1ccccc1-c1ccnc(N(C)CCN)n1. The number of nitrogens with zero attached hydrogens (tertiary/aromatic N) is 3. The second-order valence-corrected chi connectivity index (χ2v) is 4.27. The maximum atomic E-state index is 5.54. The molecule has 2 N–H and O–H groups in total. The van der Waals surface area contributed by atoms with E-state index in [9.17, 15) is 0 Å². The number of anilines is 1. The summed E-state index contributed by atoms with van der Waals surface area (Å²) >= 11 is 0. The lowest BCUT2D eigenvalue weighted by Gasteiger charge is -2.16. The molecule has 0 fully saturated rings. The lowest BCUT2D eigenvalue weighted by atomic mass is 10.1. The van der Waals surface area contributed by atoms with E-state index in [1.54, 1.807) is 6.20 Å². The van der Waals surface area contributed by atoms with Gasteiger partial charge < -0.3 is 10.6 Å². The van der Waals surface area contributed by atoms with Crippen LogP contribution in [0.4, 0.5) is 5.95 Å². The van der Waals surface area contributed by atoms with Crippen LogP contribution in [0.1, 0.15) is 5.56 Å². The molecular formula is C14H18N4. The molecule has 0 aliphatic carbocycles. The normalized spacial score (nSPS) is 10.4. The molecule has 1 heterocycles. The lowest BCUT2D eigenvalue weighted by Crippen LogP contribution is -2.26. The second-order valence-electron chi connectivity index (χ2n) is 4.27. The maximum absolute atomic E-state index is 5.54. The van der Waals surface area contributed by atoms with E-state index in [0.717, 1.165) is 17.8 Å². The monoisotopic (exact) mass is 242 g/mol. The molecular weight excluding hydrogens is 224 g/mol. The Bertz CT molecular complexity index is 525. The van der Waals surface area contributed by atoms with Crippen LogP contribution in [-0.2, 0) is 0 Å². The van der Waals surface area contributed by atoms with Gasteiger partial charge in [0.25, 0.3) is 0 Å². The van der Waals surface area contributed by atoms with Crippen molar-refractivity contribution in [3.8, 4) is 11.3 Å². The summed E-state index contributed by atoms with van der Waals surface area (Å²) in [5.74, 6) is 0.709. The average molecular weight is 242 g/mol. The first-order valence-electron chi connectivity index (χ1n) is 6.02. The standard InChI is InChI=1S/C14H18N4/c1-11-5-3-4-6-12(11)13-7-9-16-14(17-13)18(2)10-8-15/h3-7,9H,8,10,15H2,1-2H3. The predicted molar refractivity (Wildman–Crippen MR) is 74.5 cm³/mol. The molecule has 0 bridgehead atoms.